The summed E-state index contributed by atoms with van der Waals surface area (Å²) in [5.41, 5.74) is 1.06. The zero-order valence-electron chi connectivity index (χ0n) is 12.6. The van der Waals surface area contributed by atoms with Crippen molar-refractivity contribution < 1.29 is 9.59 Å². The number of allylic oxidation sites excluding steroid dienone is 3. The minimum Gasteiger partial charge on any atom is -0.295 e. The van der Waals surface area contributed by atoms with Crippen LogP contribution in [0.2, 0.25) is 0 Å². The minimum atomic E-state index is 0.0776. The smallest absolute Gasteiger partial charge is 0.155 e. The molecule has 0 fully saturated rings. The van der Waals surface area contributed by atoms with Gasteiger partial charge in [-0.15, -0.1) is 0 Å². The summed E-state index contributed by atoms with van der Waals surface area (Å²) in [4.78, 5) is 21.1. The number of hydrogen-bond acceptors (Lipinski definition) is 2. The summed E-state index contributed by atoms with van der Waals surface area (Å²) < 4.78 is 0. The first kappa shape index (κ1) is 18.0. The zero-order valence-corrected chi connectivity index (χ0v) is 12.6. The molecule has 1 rings (SSSR count). The van der Waals surface area contributed by atoms with Crippen molar-refractivity contribution in [1.82, 2.24) is 0 Å². The van der Waals surface area contributed by atoms with E-state index in [1.54, 1.807) is 19.1 Å². The fourth-order valence-electron chi connectivity index (χ4n) is 1.28. The van der Waals surface area contributed by atoms with Crippen molar-refractivity contribution in [2.24, 2.45) is 0 Å². The van der Waals surface area contributed by atoms with Crippen LogP contribution in [0.15, 0.2) is 48.6 Å². The van der Waals surface area contributed by atoms with Gasteiger partial charge in [-0.25, -0.2) is 0 Å². The van der Waals surface area contributed by atoms with E-state index in [0.717, 1.165) is 18.4 Å². The maximum atomic E-state index is 10.6. The first-order valence-corrected chi connectivity index (χ1v) is 7.03. The fraction of sp³-hybridized carbons (Fsp3) is 0.333. The van der Waals surface area contributed by atoms with Gasteiger partial charge in [-0.05, 0) is 31.1 Å². The second-order valence-electron chi connectivity index (χ2n) is 4.37. The average Bonchev–Trinajstić information content (AvgIpc) is 2.47. The van der Waals surface area contributed by atoms with Crippen LogP contribution < -0.4 is 0 Å². The van der Waals surface area contributed by atoms with Crippen LogP contribution in [0.4, 0.5) is 0 Å². The molecular formula is C18H24O2. The summed E-state index contributed by atoms with van der Waals surface area (Å²) in [5.74, 6) is 0.303. The Hall–Kier alpha value is -1.96. The second kappa shape index (κ2) is 12.1. The van der Waals surface area contributed by atoms with Crippen LogP contribution >= 0.6 is 0 Å². The third-order valence-corrected chi connectivity index (χ3v) is 2.42. The summed E-state index contributed by atoms with van der Waals surface area (Å²) in [6.45, 7) is 5.51. The molecule has 1 aromatic carbocycles. The van der Waals surface area contributed by atoms with Crippen molar-refractivity contribution in [3.63, 3.8) is 0 Å². The predicted molar refractivity (Wildman–Crippen MR) is 85.5 cm³/mol. The number of rotatable bonds is 6. The number of carbonyl (C=O) groups excluding carboxylic acids is 2. The summed E-state index contributed by atoms with van der Waals surface area (Å²) in [5, 5.41) is 0. The molecule has 0 saturated heterocycles. The molecule has 0 saturated carbocycles. The molecule has 1 aromatic rings. The van der Waals surface area contributed by atoms with Crippen LogP contribution in [0.25, 0.3) is 6.08 Å². The van der Waals surface area contributed by atoms with Gasteiger partial charge in [0, 0.05) is 6.42 Å². The lowest BCUT2D eigenvalue weighted by atomic mass is 10.2. The largest absolute Gasteiger partial charge is 0.295 e. The molecule has 0 N–H and O–H groups in total. The average molecular weight is 272 g/mol. The van der Waals surface area contributed by atoms with Crippen LogP contribution in [0, 0.1) is 0 Å². The van der Waals surface area contributed by atoms with E-state index in [4.69, 9.17) is 0 Å². The lowest BCUT2D eigenvalue weighted by Crippen LogP contribution is -1.86. The van der Waals surface area contributed by atoms with Gasteiger partial charge in [0.25, 0.3) is 0 Å². The van der Waals surface area contributed by atoms with Gasteiger partial charge in [-0.1, -0.05) is 62.8 Å². The molecule has 0 radical (unpaired) electrons. The zero-order chi connectivity index (χ0) is 15.2. The van der Waals surface area contributed by atoms with Gasteiger partial charge < -0.3 is 0 Å². The van der Waals surface area contributed by atoms with E-state index in [0.29, 0.717) is 6.42 Å². The third-order valence-electron chi connectivity index (χ3n) is 2.42. The molecule has 0 bridgehead atoms. The Morgan fingerprint density at radius 1 is 1.05 bits per heavy atom. The summed E-state index contributed by atoms with van der Waals surface area (Å²) in [6, 6.07) is 9.75. The molecule has 0 heterocycles. The van der Waals surface area contributed by atoms with Crippen molar-refractivity contribution in [2.75, 3.05) is 0 Å². The summed E-state index contributed by atoms with van der Waals surface area (Å²) in [6.07, 6.45) is 9.74. The van der Waals surface area contributed by atoms with E-state index >= 15 is 0 Å². The van der Waals surface area contributed by atoms with Crippen LogP contribution in [0.3, 0.4) is 0 Å². The molecular weight excluding hydrogens is 248 g/mol. The molecule has 0 amide bonds. The van der Waals surface area contributed by atoms with E-state index in [1.807, 2.05) is 49.4 Å². The first-order chi connectivity index (χ1) is 9.60. The maximum absolute atomic E-state index is 10.6. The monoisotopic (exact) mass is 272 g/mol. The molecule has 0 atom stereocenters. The van der Waals surface area contributed by atoms with Crippen molar-refractivity contribution in [2.45, 2.75) is 40.0 Å². The molecule has 108 valence electrons. The Bertz CT molecular complexity index is 442. The molecule has 20 heavy (non-hydrogen) atoms. The summed E-state index contributed by atoms with van der Waals surface area (Å²) in [7, 11) is 0. The van der Waals surface area contributed by atoms with Crippen molar-refractivity contribution in [3.8, 4) is 0 Å². The van der Waals surface area contributed by atoms with Crippen LogP contribution in [-0.4, -0.2) is 11.6 Å². The van der Waals surface area contributed by atoms with Gasteiger partial charge in [-0.3, -0.25) is 9.59 Å². The van der Waals surface area contributed by atoms with E-state index < -0.39 is 0 Å². The van der Waals surface area contributed by atoms with E-state index in [9.17, 15) is 9.59 Å². The van der Waals surface area contributed by atoms with Crippen LogP contribution in [0.5, 0.6) is 0 Å². The lowest BCUT2D eigenvalue weighted by molar-refractivity contribution is -0.114. The van der Waals surface area contributed by atoms with Crippen LogP contribution in [0.1, 0.15) is 45.6 Å². The molecule has 0 spiro atoms. The SMILES string of the molecule is CC(=O)C=Cc1ccccc1.CCC/C=C/C(=O)CC. The lowest BCUT2D eigenvalue weighted by Gasteiger charge is -1.88. The van der Waals surface area contributed by atoms with E-state index in [-0.39, 0.29) is 11.6 Å². The van der Waals surface area contributed by atoms with Gasteiger partial charge in [-0.2, -0.15) is 0 Å². The van der Waals surface area contributed by atoms with Gasteiger partial charge in [0.1, 0.15) is 0 Å². The minimum absolute atomic E-state index is 0.0776. The normalized spacial score (nSPS) is 10.3. The highest BCUT2D eigenvalue weighted by Crippen LogP contribution is 2.00. The Morgan fingerprint density at radius 3 is 2.20 bits per heavy atom. The third kappa shape index (κ3) is 11.1. The van der Waals surface area contributed by atoms with Crippen molar-refractivity contribution in [1.29, 1.82) is 0 Å². The first-order valence-electron chi connectivity index (χ1n) is 7.03. The number of carbonyl (C=O) groups is 2. The van der Waals surface area contributed by atoms with Crippen LogP contribution in [-0.2, 0) is 9.59 Å². The number of hydrogen-bond donors (Lipinski definition) is 0. The topological polar surface area (TPSA) is 34.1 Å². The molecule has 0 aliphatic rings. The molecule has 2 heteroatoms. The molecule has 0 aliphatic carbocycles. The molecule has 2 nitrogen and oxygen atoms in total. The van der Waals surface area contributed by atoms with E-state index in [2.05, 4.69) is 6.92 Å². The quantitative estimate of drug-likeness (QED) is 0.709. The maximum Gasteiger partial charge on any atom is 0.155 e. The summed E-state index contributed by atoms with van der Waals surface area (Å²) >= 11 is 0. The van der Waals surface area contributed by atoms with Gasteiger partial charge in [0.15, 0.2) is 11.6 Å². The molecule has 0 aromatic heterocycles. The van der Waals surface area contributed by atoms with Gasteiger partial charge >= 0.3 is 0 Å². The number of unbranched alkanes of at least 4 members (excludes halogenated alkanes) is 1. The van der Waals surface area contributed by atoms with Crippen molar-refractivity contribution in [3.05, 3.63) is 54.1 Å². The number of benzene rings is 1. The van der Waals surface area contributed by atoms with E-state index in [1.165, 1.54) is 0 Å². The molecule has 0 unspecified atom stereocenters. The van der Waals surface area contributed by atoms with Gasteiger partial charge in [0.05, 0.1) is 0 Å². The highest BCUT2D eigenvalue weighted by molar-refractivity contribution is 5.91. The highest BCUT2D eigenvalue weighted by Gasteiger charge is 1.86. The Kier molecular flexibility index (Phi) is 10.9. The standard InChI is InChI=1S/C10H10O.C8H14O/c1-9(11)7-8-10-5-3-2-4-6-10;1-3-5-6-7-8(9)4-2/h2-8H,1H3;6-7H,3-5H2,1-2H3/b;7-6+. The highest BCUT2D eigenvalue weighted by atomic mass is 16.1. The second-order valence-corrected chi connectivity index (χ2v) is 4.37. The Morgan fingerprint density at radius 2 is 1.70 bits per heavy atom. The Balaban J connectivity index is 0.000000370. The Labute approximate surface area is 122 Å². The number of ketones is 2. The molecule has 0 aliphatic heterocycles. The van der Waals surface area contributed by atoms with Gasteiger partial charge in [0.2, 0.25) is 0 Å². The predicted octanol–water partition coefficient (Wildman–Crippen LogP) is 4.61. The fourth-order valence-corrected chi connectivity index (χ4v) is 1.28. The van der Waals surface area contributed by atoms with Crippen molar-refractivity contribution >= 4 is 17.6 Å².